The zero-order chi connectivity index (χ0) is 4.00. The molecule has 0 spiro atoms. The Morgan fingerprint density at radius 2 is 1.25 bits per heavy atom. The standard InChI is InChI=1S/ClH.Hg.H2O2/c;;1-2/h1H;;1-2H/q;+1;/p-1. The predicted molar refractivity (Wildman–Crippen MR) is 11.1 cm³/mol. The van der Waals surface area contributed by atoms with E-state index in [-0.39, 0.29) is 0 Å². The molecule has 0 heterocycles. The van der Waals surface area contributed by atoms with Gasteiger partial charge in [-0.1, -0.05) is 0 Å². The van der Waals surface area contributed by atoms with Gasteiger partial charge in [-0.3, -0.25) is 10.5 Å². The first-order valence-corrected chi connectivity index (χ1v) is 7.24. The van der Waals surface area contributed by atoms with Gasteiger partial charge in [0.1, 0.15) is 0 Å². The average Bonchev–Trinajstić information content (AvgIpc) is 1.50. The molecule has 0 fully saturated rings. The molecule has 0 aliphatic heterocycles. The van der Waals surface area contributed by atoms with Crippen molar-refractivity contribution in [3.8, 4) is 0 Å². The molecule has 4 heteroatoms. The molecule has 0 aromatic heterocycles. The third-order valence-corrected chi connectivity index (χ3v) is 0. The van der Waals surface area contributed by atoms with Crippen molar-refractivity contribution in [2.24, 2.45) is 0 Å². The first kappa shape index (κ1) is 8.94. The first-order valence-electron chi connectivity index (χ1n) is 0.467. The number of hydrogen-bond donors (Lipinski definition) is 2. The molecular formula is H2ClHgO2. The van der Waals surface area contributed by atoms with Crippen LogP contribution < -0.4 is 0 Å². The molecule has 2 nitrogen and oxygen atoms in total. The zero-order valence-corrected chi connectivity index (χ0v) is 8.23. The van der Waals surface area contributed by atoms with Crippen LogP contribution in [0.5, 0.6) is 0 Å². The summed E-state index contributed by atoms with van der Waals surface area (Å²) in [7, 11) is 4.83. The van der Waals surface area contributed by atoms with Gasteiger partial charge in [-0.25, -0.2) is 0 Å². The fraction of sp³-hybridized carbons (Fsp3) is 0. The fourth-order valence-corrected chi connectivity index (χ4v) is 0. The van der Waals surface area contributed by atoms with Crippen LogP contribution in [0.3, 0.4) is 0 Å². The number of halogens is 1. The molecule has 0 unspecified atom stereocenters. The van der Waals surface area contributed by atoms with E-state index in [2.05, 4.69) is 0 Å². The Labute approximate surface area is 43.7 Å². The topological polar surface area (TPSA) is 40.5 Å². The number of hydrogen-bond acceptors (Lipinski definition) is 2. The van der Waals surface area contributed by atoms with Crippen LogP contribution in [0, 0.1) is 0 Å². The molecule has 0 saturated carbocycles. The van der Waals surface area contributed by atoms with Crippen molar-refractivity contribution in [3.05, 3.63) is 0 Å². The van der Waals surface area contributed by atoms with Crippen molar-refractivity contribution in [2.75, 3.05) is 0 Å². The molecule has 23 valence electrons. The second kappa shape index (κ2) is 31.3. The van der Waals surface area contributed by atoms with Crippen LogP contribution in [0.4, 0.5) is 0 Å². The van der Waals surface area contributed by atoms with Gasteiger partial charge in [0.05, 0.1) is 0 Å². The first-order chi connectivity index (χ1) is 2.00. The Balaban J connectivity index is 0. The summed E-state index contributed by atoms with van der Waals surface area (Å²) >= 11 is 0.500. The van der Waals surface area contributed by atoms with E-state index < -0.39 is 0 Å². The van der Waals surface area contributed by atoms with E-state index in [1.54, 1.807) is 0 Å². The minimum absolute atomic E-state index is 0.500. The van der Waals surface area contributed by atoms with E-state index in [4.69, 9.17) is 18.8 Å². The van der Waals surface area contributed by atoms with Crippen molar-refractivity contribution < 1.29 is 35.4 Å². The Morgan fingerprint density at radius 3 is 1.25 bits per heavy atom. The Bertz CT molecular complexity index is 6.00. The van der Waals surface area contributed by atoms with Gasteiger partial charge in [-0.05, 0) is 0 Å². The van der Waals surface area contributed by atoms with Gasteiger partial charge in [0.2, 0.25) is 0 Å². The summed E-state index contributed by atoms with van der Waals surface area (Å²) in [6, 6.07) is 0. The molecule has 0 aliphatic carbocycles. The molecule has 0 aromatic carbocycles. The average molecular weight is 270 g/mol. The van der Waals surface area contributed by atoms with Gasteiger partial charge in [-0.15, -0.1) is 0 Å². The zero-order valence-electron chi connectivity index (χ0n) is 1.98. The van der Waals surface area contributed by atoms with Crippen LogP contribution in [0.15, 0.2) is 0 Å². The van der Waals surface area contributed by atoms with Gasteiger partial charge in [0.25, 0.3) is 0 Å². The third-order valence-electron chi connectivity index (χ3n) is 0. The van der Waals surface area contributed by atoms with E-state index in [1.165, 1.54) is 0 Å². The molecule has 4 heavy (non-hydrogen) atoms. The van der Waals surface area contributed by atoms with E-state index in [9.17, 15) is 0 Å². The summed E-state index contributed by atoms with van der Waals surface area (Å²) in [5, 5.41) is 12.0. The Hall–Kier alpha value is 1.15. The maximum atomic E-state index is 6.00. The molecule has 0 aliphatic rings. The molecule has 0 amide bonds. The quantitative estimate of drug-likeness (QED) is 0.386. The third kappa shape index (κ3) is 11.0. The van der Waals surface area contributed by atoms with E-state index in [1.807, 2.05) is 0 Å². The van der Waals surface area contributed by atoms with Crippen molar-refractivity contribution in [2.45, 2.75) is 0 Å². The Morgan fingerprint density at radius 1 is 1.25 bits per heavy atom. The van der Waals surface area contributed by atoms with Crippen LogP contribution in [-0.2, 0) is 24.9 Å². The molecule has 0 bridgehead atoms. The minimum atomic E-state index is 0.500. The molecule has 0 saturated heterocycles. The summed E-state index contributed by atoms with van der Waals surface area (Å²) in [5.41, 5.74) is 0. The SMILES string of the molecule is OO.[Cl][Hg]. The van der Waals surface area contributed by atoms with Crippen LogP contribution >= 0.6 is 8.25 Å². The van der Waals surface area contributed by atoms with Crippen LogP contribution in [-0.4, -0.2) is 10.5 Å². The molecular weight excluding hydrogens is 268 g/mol. The van der Waals surface area contributed by atoms with Crippen LogP contribution in [0.2, 0.25) is 0 Å². The summed E-state index contributed by atoms with van der Waals surface area (Å²) < 4.78 is 0. The van der Waals surface area contributed by atoms with Crippen molar-refractivity contribution in [1.29, 1.82) is 0 Å². The van der Waals surface area contributed by atoms with E-state index >= 15 is 0 Å². The summed E-state index contributed by atoms with van der Waals surface area (Å²) in [6.45, 7) is 0. The van der Waals surface area contributed by atoms with Gasteiger partial charge < -0.3 is 0 Å². The Kier molecular flexibility index (Phi) is 69.9. The van der Waals surface area contributed by atoms with Gasteiger partial charge >= 0.3 is 33.1 Å². The normalized spacial score (nSPS) is 3.25. The van der Waals surface area contributed by atoms with E-state index in [0.29, 0.717) is 24.9 Å². The molecule has 0 aromatic rings. The molecule has 0 atom stereocenters. The predicted octanol–water partition coefficient (Wildman–Crippen LogP) is 0.704. The van der Waals surface area contributed by atoms with Gasteiger partial charge in [0.15, 0.2) is 0 Å². The summed E-state index contributed by atoms with van der Waals surface area (Å²) in [5.74, 6) is 0. The van der Waals surface area contributed by atoms with Crippen LogP contribution in [0.25, 0.3) is 0 Å². The fourth-order valence-electron chi connectivity index (χ4n) is 0. The van der Waals surface area contributed by atoms with Crippen molar-refractivity contribution >= 4 is 8.25 Å². The second-order valence-corrected chi connectivity index (χ2v) is 0. The van der Waals surface area contributed by atoms with E-state index in [0.717, 1.165) is 0 Å². The second-order valence-electron chi connectivity index (χ2n) is 0. The van der Waals surface area contributed by atoms with Gasteiger partial charge in [0, 0.05) is 0 Å². The molecule has 0 radical (unpaired) electrons. The summed E-state index contributed by atoms with van der Waals surface area (Å²) in [4.78, 5) is 0. The molecule has 0 rings (SSSR count). The number of rotatable bonds is 0. The monoisotopic (exact) mass is 271 g/mol. The summed E-state index contributed by atoms with van der Waals surface area (Å²) in [6.07, 6.45) is 0. The maximum absolute atomic E-state index is 6.00. The van der Waals surface area contributed by atoms with Gasteiger partial charge in [-0.2, -0.15) is 0 Å². The van der Waals surface area contributed by atoms with Crippen molar-refractivity contribution in [1.82, 2.24) is 0 Å². The van der Waals surface area contributed by atoms with Crippen molar-refractivity contribution in [3.63, 3.8) is 0 Å². The van der Waals surface area contributed by atoms with Crippen LogP contribution in [0.1, 0.15) is 0 Å². The molecule has 2 N–H and O–H groups in total.